The molecule has 0 N–H and O–H groups in total. The van der Waals surface area contributed by atoms with Crippen molar-refractivity contribution in [2.24, 2.45) is 0 Å². The molecular weight excluding hydrogens is 254 g/mol. The van der Waals surface area contributed by atoms with Gasteiger partial charge in [0.05, 0.1) is 37.0 Å². The van der Waals surface area contributed by atoms with Crippen LogP contribution >= 0.6 is 11.6 Å². The van der Waals surface area contributed by atoms with Crippen LogP contribution in [0.2, 0.25) is 5.02 Å². The monoisotopic (exact) mass is 267 g/mol. The number of ether oxygens (including phenoxy) is 3. The number of nitriles is 1. The lowest BCUT2D eigenvalue weighted by Gasteiger charge is -1.95. The minimum absolute atomic E-state index is 0.392. The van der Waals surface area contributed by atoms with Gasteiger partial charge in [-0.05, 0) is 12.1 Å². The first-order chi connectivity index (χ1) is 8.79. The van der Waals surface area contributed by atoms with Gasteiger partial charge in [0.1, 0.15) is 18.3 Å². The average molecular weight is 268 g/mol. The molecule has 2 aliphatic rings. The van der Waals surface area contributed by atoms with Gasteiger partial charge in [-0.2, -0.15) is 5.26 Å². The molecule has 0 aromatic heterocycles. The first-order valence-corrected chi connectivity index (χ1v) is 6.13. The predicted octanol–water partition coefficient (Wildman–Crippen LogP) is 2.01. The van der Waals surface area contributed by atoms with Crippen LogP contribution in [-0.4, -0.2) is 38.6 Å². The minimum atomic E-state index is 0.392. The number of benzene rings is 1. The van der Waals surface area contributed by atoms with Gasteiger partial charge in [0.2, 0.25) is 0 Å². The molecule has 3 rings (SSSR count). The number of hydrogen-bond acceptors (Lipinski definition) is 4. The highest BCUT2D eigenvalue weighted by atomic mass is 35.5. The second-order valence-electron chi connectivity index (χ2n) is 4.04. The third kappa shape index (κ3) is 5.03. The van der Waals surface area contributed by atoms with Crippen molar-refractivity contribution in [2.75, 3.05) is 26.4 Å². The van der Waals surface area contributed by atoms with Crippen LogP contribution in [-0.2, 0) is 14.2 Å². The van der Waals surface area contributed by atoms with Crippen molar-refractivity contribution in [3.63, 3.8) is 0 Å². The number of epoxide rings is 2. The third-order valence-electron chi connectivity index (χ3n) is 2.41. The molecule has 2 fully saturated rings. The van der Waals surface area contributed by atoms with E-state index in [9.17, 15) is 0 Å². The summed E-state index contributed by atoms with van der Waals surface area (Å²) in [5.74, 6) is 0. The molecule has 5 heteroatoms. The summed E-state index contributed by atoms with van der Waals surface area (Å²) in [6.45, 7) is 3.26. The molecule has 96 valence electrons. The zero-order valence-corrected chi connectivity index (χ0v) is 10.6. The highest BCUT2D eigenvalue weighted by Gasteiger charge is 2.26. The summed E-state index contributed by atoms with van der Waals surface area (Å²) in [6, 6.07) is 8.92. The summed E-state index contributed by atoms with van der Waals surface area (Å²) < 4.78 is 15.1. The standard InChI is InChI=1S/C7H4ClN.C6H10O3/c8-7-4-2-1-3-6(7)5-9;1(5-3-8-5)7-2-6-4-9-6/h1-4H;5-6H,1-4H2. The Labute approximate surface area is 111 Å². The number of nitrogens with zero attached hydrogens (tertiary/aromatic N) is 1. The van der Waals surface area contributed by atoms with Gasteiger partial charge < -0.3 is 14.2 Å². The molecule has 0 aliphatic carbocycles. The van der Waals surface area contributed by atoms with Crippen molar-refractivity contribution in [1.82, 2.24) is 0 Å². The molecule has 0 bridgehead atoms. The molecule has 2 aliphatic heterocycles. The van der Waals surface area contributed by atoms with E-state index in [1.165, 1.54) is 0 Å². The van der Waals surface area contributed by atoms with Gasteiger partial charge in [0.25, 0.3) is 0 Å². The summed E-state index contributed by atoms with van der Waals surface area (Å²) in [6.07, 6.45) is 0.785. The maximum absolute atomic E-state index is 8.38. The van der Waals surface area contributed by atoms with Crippen LogP contribution in [0.3, 0.4) is 0 Å². The Kier molecular flexibility index (Phi) is 4.97. The zero-order valence-electron chi connectivity index (χ0n) is 9.84. The molecule has 18 heavy (non-hydrogen) atoms. The molecule has 2 unspecified atom stereocenters. The molecule has 0 radical (unpaired) electrons. The van der Waals surface area contributed by atoms with E-state index in [0.29, 0.717) is 22.8 Å². The Bertz CT molecular complexity index is 412. The van der Waals surface area contributed by atoms with E-state index >= 15 is 0 Å². The molecule has 2 atom stereocenters. The van der Waals surface area contributed by atoms with Crippen LogP contribution in [0.25, 0.3) is 0 Å². The van der Waals surface area contributed by atoms with E-state index in [1.54, 1.807) is 24.3 Å². The van der Waals surface area contributed by atoms with Crippen molar-refractivity contribution in [1.29, 1.82) is 5.26 Å². The fraction of sp³-hybridized carbons (Fsp3) is 0.462. The third-order valence-corrected chi connectivity index (χ3v) is 2.74. The van der Waals surface area contributed by atoms with E-state index in [-0.39, 0.29) is 0 Å². The Morgan fingerprint density at radius 3 is 2.17 bits per heavy atom. The minimum Gasteiger partial charge on any atom is -0.376 e. The van der Waals surface area contributed by atoms with E-state index in [2.05, 4.69) is 0 Å². The Morgan fingerprint density at radius 2 is 1.78 bits per heavy atom. The molecule has 0 saturated carbocycles. The normalized spacial score (nSPS) is 23.6. The molecule has 0 amide bonds. The predicted molar refractivity (Wildman–Crippen MR) is 66.5 cm³/mol. The van der Waals surface area contributed by atoms with Gasteiger partial charge in [-0.25, -0.2) is 0 Å². The summed E-state index contributed by atoms with van der Waals surface area (Å²) >= 11 is 5.60. The van der Waals surface area contributed by atoms with Crippen molar-refractivity contribution in [3.8, 4) is 6.07 Å². The smallest absolute Gasteiger partial charge is 0.104 e. The Hall–Kier alpha value is -1.12. The van der Waals surface area contributed by atoms with E-state index in [4.69, 9.17) is 31.1 Å². The van der Waals surface area contributed by atoms with E-state index in [0.717, 1.165) is 26.4 Å². The first kappa shape index (κ1) is 13.3. The van der Waals surface area contributed by atoms with Gasteiger partial charge in [0, 0.05) is 0 Å². The summed E-state index contributed by atoms with van der Waals surface area (Å²) in [4.78, 5) is 0. The summed E-state index contributed by atoms with van der Waals surface area (Å²) in [7, 11) is 0. The van der Waals surface area contributed by atoms with Crippen LogP contribution in [0, 0.1) is 11.3 Å². The Morgan fingerprint density at radius 1 is 1.22 bits per heavy atom. The first-order valence-electron chi connectivity index (χ1n) is 5.75. The van der Waals surface area contributed by atoms with E-state index < -0.39 is 0 Å². The topological polar surface area (TPSA) is 58.1 Å². The maximum Gasteiger partial charge on any atom is 0.104 e. The van der Waals surface area contributed by atoms with Crippen molar-refractivity contribution < 1.29 is 14.2 Å². The highest BCUT2D eigenvalue weighted by Crippen LogP contribution is 2.13. The van der Waals surface area contributed by atoms with Crippen LogP contribution in [0.15, 0.2) is 24.3 Å². The molecule has 2 heterocycles. The van der Waals surface area contributed by atoms with Crippen LogP contribution in [0.5, 0.6) is 0 Å². The Balaban J connectivity index is 0.000000134. The van der Waals surface area contributed by atoms with Crippen molar-refractivity contribution in [3.05, 3.63) is 34.9 Å². The number of halogens is 1. The summed E-state index contributed by atoms with van der Waals surface area (Å²) in [5, 5.41) is 8.90. The second kappa shape index (κ2) is 6.72. The van der Waals surface area contributed by atoms with Crippen LogP contribution < -0.4 is 0 Å². The number of rotatable bonds is 4. The lowest BCUT2D eigenvalue weighted by Crippen LogP contribution is -2.06. The lowest BCUT2D eigenvalue weighted by molar-refractivity contribution is 0.102. The molecule has 2 saturated heterocycles. The molecule has 0 spiro atoms. The number of hydrogen-bond donors (Lipinski definition) is 0. The van der Waals surface area contributed by atoms with Gasteiger partial charge >= 0.3 is 0 Å². The molecule has 1 aromatic rings. The maximum atomic E-state index is 8.38. The second-order valence-corrected chi connectivity index (χ2v) is 4.45. The van der Waals surface area contributed by atoms with Crippen LogP contribution in [0.4, 0.5) is 0 Å². The largest absolute Gasteiger partial charge is 0.376 e. The molecule has 4 nitrogen and oxygen atoms in total. The van der Waals surface area contributed by atoms with Gasteiger partial charge in [-0.15, -0.1) is 0 Å². The quantitative estimate of drug-likeness (QED) is 0.783. The highest BCUT2D eigenvalue weighted by molar-refractivity contribution is 6.31. The van der Waals surface area contributed by atoms with Crippen LogP contribution in [0.1, 0.15) is 5.56 Å². The van der Waals surface area contributed by atoms with Gasteiger partial charge in [0.15, 0.2) is 0 Å². The summed E-state index contributed by atoms with van der Waals surface area (Å²) in [5.41, 5.74) is 0.527. The lowest BCUT2D eigenvalue weighted by atomic mass is 10.2. The van der Waals surface area contributed by atoms with Crippen molar-refractivity contribution in [2.45, 2.75) is 12.2 Å². The average Bonchev–Trinajstić information content (AvgIpc) is 3.25. The van der Waals surface area contributed by atoms with Gasteiger partial charge in [-0.3, -0.25) is 0 Å². The SMILES string of the molecule is C(OCC1CO1)C1CO1.N#Cc1ccccc1Cl. The molecular formula is C13H14ClNO3. The van der Waals surface area contributed by atoms with Crippen molar-refractivity contribution >= 4 is 11.6 Å². The zero-order chi connectivity index (χ0) is 12.8. The fourth-order valence-corrected chi connectivity index (χ4v) is 1.39. The molecule has 1 aromatic carbocycles. The fourth-order valence-electron chi connectivity index (χ4n) is 1.21. The van der Waals surface area contributed by atoms with Gasteiger partial charge in [-0.1, -0.05) is 23.7 Å². The van der Waals surface area contributed by atoms with E-state index in [1.807, 2.05) is 6.07 Å².